The number of hydrogen-bond donors (Lipinski definition) is 1. The lowest BCUT2D eigenvalue weighted by molar-refractivity contribution is -0.120. The van der Waals surface area contributed by atoms with Crippen LogP contribution >= 0.6 is 0 Å². The van der Waals surface area contributed by atoms with Crippen molar-refractivity contribution < 1.29 is 9.53 Å². The Morgan fingerprint density at radius 2 is 2.08 bits per heavy atom. The smallest absolute Gasteiger partial charge is 0.217 e. The predicted octanol–water partition coefficient (Wildman–Crippen LogP) is 0.938. The fourth-order valence-electron chi connectivity index (χ4n) is 1.65. The van der Waals surface area contributed by atoms with Crippen molar-refractivity contribution in [3.63, 3.8) is 0 Å². The van der Waals surface area contributed by atoms with Crippen LogP contribution in [0.1, 0.15) is 26.7 Å². The van der Waals surface area contributed by atoms with E-state index in [1.165, 1.54) is 0 Å². The van der Waals surface area contributed by atoms with Crippen molar-refractivity contribution in [2.75, 3.05) is 13.2 Å². The van der Waals surface area contributed by atoms with E-state index in [9.17, 15) is 4.79 Å². The maximum atomic E-state index is 10.8. The second-order valence-electron chi connectivity index (χ2n) is 3.44. The van der Waals surface area contributed by atoms with Gasteiger partial charge in [0, 0.05) is 26.2 Å². The Kier molecular flexibility index (Phi) is 3.53. The normalized spacial score (nSPS) is 21.8. The highest BCUT2D eigenvalue weighted by Gasteiger charge is 2.20. The van der Waals surface area contributed by atoms with Crippen LogP contribution in [0.3, 0.4) is 0 Å². The number of amides is 1. The van der Waals surface area contributed by atoms with Gasteiger partial charge in [0.05, 0.1) is 0 Å². The summed E-state index contributed by atoms with van der Waals surface area (Å²) in [7, 11) is 0. The number of carbonyl (C=O) groups is 1. The van der Waals surface area contributed by atoms with Crippen molar-refractivity contribution in [3.05, 3.63) is 0 Å². The zero-order valence-corrected chi connectivity index (χ0v) is 7.80. The predicted molar refractivity (Wildman–Crippen MR) is 46.8 cm³/mol. The average molecular weight is 171 g/mol. The minimum absolute atomic E-state index is 0.0639. The highest BCUT2D eigenvalue weighted by Crippen LogP contribution is 2.18. The summed E-state index contributed by atoms with van der Waals surface area (Å²) in [5, 5.41) is 2.92. The SMILES string of the molecule is CC(=O)NC(C)C1CCOCC1. The average Bonchev–Trinajstić information content (AvgIpc) is 2.05. The van der Waals surface area contributed by atoms with Crippen LogP contribution in [0.15, 0.2) is 0 Å². The van der Waals surface area contributed by atoms with Crippen LogP contribution in [-0.2, 0) is 9.53 Å². The van der Waals surface area contributed by atoms with Crippen LogP contribution in [0.25, 0.3) is 0 Å². The number of carbonyl (C=O) groups excluding carboxylic acids is 1. The molecule has 1 aliphatic heterocycles. The monoisotopic (exact) mass is 171 g/mol. The molecule has 0 saturated carbocycles. The van der Waals surface area contributed by atoms with E-state index in [4.69, 9.17) is 4.74 Å². The first-order chi connectivity index (χ1) is 5.70. The third-order valence-electron chi connectivity index (χ3n) is 2.40. The second kappa shape index (κ2) is 4.45. The Morgan fingerprint density at radius 1 is 1.50 bits per heavy atom. The van der Waals surface area contributed by atoms with Crippen molar-refractivity contribution in [2.24, 2.45) is 5.92 Å². The molecule has 0 aromatic rings. The summed E-state index contributed by atoms with van der Waals surface area (Å²) in [6.45, 7) is 5.32. The standard InChI is InChI=1S/C9H17NO2/c1-7(10-8(2)11)9-3-5-12-6-4-9/h7,9H,3-6H2,1-2H3,(H,10,11). The van der Waals surface area contributed by atoms with Crippen LogP contribution in [0.4, 0.5) is 0 Å². The first kappa shape index (κ1) is 9.52. The summed E-state index contributed by atoms with van der Waals surface area (Å²) in [6.07, 6.45) is 2.14. The molecule has 1 rings (SSSR count). The lowest BCUT2D eigenvalue weighted by Crippen LogP contribution is -2.39. The van der Waals surface area contributed by atoms with Crippen molar-refractivity contribution in [1.29, 1.82) is 0 Å². The molecule has 1 amide bonds. The van der Waals surface area contributed by atoms with Crippen molar-refractivity contribution in [2.45, 2.75) is 32.7 Å². The molecule has 1 heterocycles. The molecule has 0 aromatic heterocycles. The molecule has 3 heteroatoms. The number of hydrogen-bond acceptors (Lipinski definition) is 2. The van der Waals surface area contributed by atoms with Gasteiger partial charge in [-0.1, -0.05) is 0 Å². The van der Waals surface area contributed by atoms with Gasteiger partial charge in [-0.25, -0.2) is 0 Å². The summed E-state index contributed by atoms with van der Waals surface area (Å²) in [6, 6.07) is 0.298. The molecule has 1 atom stereocenters. The molecular weight excluding hydrogens is 154 g/mol. The van der Waals surface area contributed by atoms with E-state index < -0.39 is 0 Å². The Morgan fingerprint density at radius 3 is 2.58 bits per heavy atom. The molecule has 0 aromatic carbocycles. The summed E-state index contributed by atoms with van der Waals surface area (Å²) in [5.74, 6) is 0.664. The first-order valence-corrected chi connectivity index (χ1v) is 4.55. The van der Waals surface area contributed by atoms with Gasteiger partial charge in [-0.15, -0.1) is 0 Å². The molecule has 1 unspecified atom stereocenters. The van der Waals surface area contributed by atoms with Crippen LogP contribution in [0, 0.1) is 5.92 Å². The quantitative estimate of drug-likeness (QED) is 0.671. The molecule has 1 aliphatic rings. The van der Waals surface area contributed by atoms with Crippen LogP contribution in [-0.4, -0.2) is 25.2 Å². The van der Waals surface area contributed by atoms with E-state index in [1.54, 1.807) is 6.92 Å². The minimum Gasteiger partial charge on any atom is -0.381 e. The van der Waals surface area contributed by atoms with Gasteiger partial charge in [-0.3, -0.25) is 4.79 Å². The van der Waals surface area contributed by atoms with Crippen molar-refractivity contribution in [3.8, 4) is 0 Å². The van der Waals surface area contributed by atoms with E-state index in [-0.39, 0.29) is 5.91 Å². The van der Waals surface area contributed by atoms with Crippen LogP contribution in [0.2, 0.25) is 0 Å². The molecule has 70 valence electrons. The molecule has 12 heavy (non-hydrogen) atoms. The molecule has 1 N–H and O–H groups in total. The lowest BCUT2D eigenvalue weighted by Gasteiger charge is -2.27. The number of rotatable bonds is 2. The molecule has 0 bridgehead atoms. The van der Waals surface area contributed by atoms with Crippen molar-refractivity contribution >= 4 is 5.91 Å². The van der Waals surface area contributed by atoms with Gasteiger partial charge >= 0.3 is 0 Å². The number of ether oxygens (including phenoxy) is 1. The molecule has 0 aliphatic carbocycles. The van der Waals surface area contributed by atoms with Gasteiger partial charge in [-0.2, -0.15) is 0 Å². The molecule has 0 radical (unpaired) electrons. The van der Waals surface area contributed by atoms with E-state index in [2.05, 4.69) is 12.2 Å². The largest absolute Gasteiger partial charge is 0.381 e. The van der Waals surface area contributed by atoms with Gasteiger partial charge in [0.1, 0.15) is 0 Å². The van der Waals surface area contributed by atoms with Crippen LogP contribution < -0.4 is 5.32 Å². The van der Waals surface area contributed by atoms with E-state index in [0.29, 0.717) is 12.0 Å². The zero-order chi connectivity index (χ0) is 8.97. The summed E-state index contributed by atoms with van der Waals surface area (Å²) in [5.41, 5.74) is 0. The number of nitrogens with one attached hydrogen (secondary N) is 1. The van der Waals surface area contributed by atoms with Gasteiger partial charge in [0.25, 0.3) is 0 Å². The summed E-state index contributed by atoms with van der Waals surface area (Å²) < 4.78 is 5.24. The third-order valence-corrected chi connectivity index (χ3v) is 2.40. The highest BCUT2D eigenvalue weighted by molar-refractivity contribution is 5.73. The third kappa shape index (κ3) is 2.81. The molecule has 1 saturated heterocycles. The second-order valence-corrected chi connectivity index (χ2v) is 3.44. The highest BCUT2D eigenvalue weighted by atomic mass is 16.5. The molecule has 3 nitrogen and oxygen atoms in total. The van der Waals surface area contributed by atoms with Gasteiger partial charge in [0.2, 0.25) is 5.91 Å². The summed E-state index contributed by atoms with van der Waals surface area (Å²) in [4.78, 5) is 10.8. The molecule has 0 spiro atoms. The van der Waals surface area contributed by atoms with Gasteiger partial charge in [-0.05, 0) is 25.7 Å². The van der Waals surface area contributed by atoms with Gasteiger partial charge in [0.15, 0.2) is 0 Å². The maximum absolute atomic E-state index is 10.8. The topological polar surface area (TPSA) is 38.3 Å². The fraction of sp³-hybridized carbons (Fsp3) is 0.889. The fourth-order valence-corrected chi connectivity index (χ4v) is 1.65. The minimum atomic E-state index is 0.0639. The lowest BCUT2D eigenvalue weighted by atomic mass is 9.93. The first-order valence-electron chi connectivity index (χ1n) is 4.55. The zero-order valence-electron chi connectivity index (χ0n) is 7.80. The van der Waals surface area contributed by atoms with E-state index in [0.717, 1.165) is 26.1 Å². The Labute approximate surface area is 73.5 Å². The molecule has 1 fully saturated rings. The Balaban J connectivity index is 2.29. The van der Waals surface area contributed by atoms with E-state index >= 15 is 0 Å². The molecular formula is C9H17NO2. The Bertz CT molecular complexity index is 153. The van der Waals surface area contributed by atoms with Crippen molar-refractivity contribution in [1.82, 2.24) is 5.32 Å². The van der Waals surface area contributed by atoms with E-state index in [1.807, 2.05) is 0 Å². The van der Waals surface area contributed by atoms with Crippen LogP contribution in [0.5, 0.6) is 0 Å². The Hall–Kier alpha value is -0.570. The maximum Gasteiger partial charge on any atom is 0.217 e. The van der Waals surface area contributed by atoms with Gasteiger partial charge < -0.3 is 10.1 Å². The summed E-state index contributed by atoms with van der Waals surface area (Å²) >= 11 is 0.